The van der Waals surface area contributed by atoms with E-state index in [1.165, 1.54) is 5.56 Å². The van der Waals surface area contributed by atoms with Gasteiger partial charge in [-0.15, -0.1) is 0 Å². The highest BCUT2D eigenvalue weighted by molar-refractivity contribution is 5.39. The van der Waals surface area contributed by atoms with Crippen LogP contribution in [-0.4, -0.2) is 105 Å². The zero-order chi connectivity index (χ0) is 33.4. The molecule has 2 aromatic heterocycles. The topological polar surface area (TPSA) is 146 Å². The Kier molecular flexibility index (Phi) is 14.2. The van der Waals surface area contributed by atoms with Gasteiger partial charge >= 0.3 is 0 Å². The van der Waals surface area contributed by atoms with E-state index < -0.39 is 0 Å². The fraction of sp³-hybridized carbons (Fsp3) is 0.576. The molecule has 0 atom stereocenters. The van der Waals surface area contributed by atoms with Gasteiger partial charge in [-0.25, -0.2) is 0 Å². The van der Waals surface area contributed by atoms with Crippen molar-refractivity contribution in [1.29, 1.82) is 0 Å². The fourth-order valence-corrected chi connectivity index (χ4v) is 5.40. The molecule has 0 radical (unpaired) electrons. The van der Waals surface area contributed by atoms with Gasteiger partial charge < -0.3 is 44.4 Å². The molecular formula is C33H50N8O6. The number of aromatic nitrogens is 4. The third kappa shape index (κ3) is 11.5. The van der Waals surface area contributed by atoms with Gasteiger partial charge in [-0.1, -0.05) is 0 Å². The molecule has 2 aliphatic heterocycles. The number of nitrogens with one attached hydrogen (secondary N) is 3. The summed E-state index contributed by atoms with van der Waals surface area (Å²) in [6.45, 7) is 10.2. The van der Waals surface area contributed by atoms with E-state index in [0.717, 1.165) is 69.9 Å². The summed E-state index contributed by atoms with van der Waals surface area (Å²) in [5.41, 5.74) is 1.21. The Morgan fingerprint density at radius 1 is 0.638 bits per heavy atom. The Bertz CT molecular complexity index is 1300. The number of methoxy groups -OCH3 is 4. The Hall–Kier alpha value is -4.30. The molecule has 258 valence electrons. The van der Waals surface area contributed by atoms with E-state index in [2.05, 4.69) is 52.9 Å². The van der Waals surface area contributed by atoms with Crippen molar-refractivity contribution >= 4 is 11.9 Å². The first kappa shape index (κ1) is 35.6. The van der Waals surface area contributed by atoms with Crippen molar-refractivity contribution in [2.24, 2.45) is 0 Å². The van der Waals surface area contributed by atoms with Crippen LogP contribution < -0.4 is 44.4 Å². The molecule has 0 bridgehead atoms. The van der Waals surface area contributed by atoms with Crippen LogP contribution in [0.2, 0.25) is 0 Å². The van der Waals surface area contributed by atoms with Gasteiger partial charge in [-0.3, -0.25) is 4.90 Å². The minimum Gasteiger partial charge on any atom is -0.494 e. The lowest BCUT2D eigenvalue weighted by atomic mass is 10.0. The highest BCUT2D eigenvalue weighted by atomic mass is 16.5. The Morgan fingerprint density at radius 3 is 1.47 bits per heavy atom. The lowest BCUT2D eigenvalue weighted by Crippen LogP contribution is -2.39. The average molecular weight is 655 g/mol. The molecule has 2 fully saturated rings. The zero-order valence-corrected chi connectivity index (χ0v) is 28.5. The SMILES string of the molecule is CCOc1cc(CN2CCC(Nc3nc(OC)cc(OC)n3)CC2)cc(OCC)c1.COc1cc(OC)nc(NC2CCNCC2)n1. The maximum Gasteiger partial charge on any atom is 0.229 e. The maximum atomic E-state index is 5.70. The molecule has 14 nitrogen and oxygen atoms in total. The van der Waals surface area contributed by atoms with E-state index in [0.29, 0.717) is 60.7 Å². The van der Waals surface area contributed by atoms with E-state index >= 15 is 0 Å². The summed E-state index contributed by atoms with van der Waals surface area (Å²) in [5, 5.41) is 10.0. The van der Waals surface area contributed by atoms with E-state index in [1.54, 1.807) is 40.6 Å². The first-order chi connectivity index (χ1) is 22.9. The van der Waals surface area contributed by atoms with Crippen LogP contribution in [-0.2, 0) is 6.54 Å². The molecule has 2 saturated heterocycles. The molecule has 47 heavy (non-hydrogen) atoms. The largest absolute Gasteiger partial charge is 0.494 e. The first-order valence-corrected chi connectivity index (χ1v) is 16.2. The number of hydrogen-bond acceptors (Lipinski definition) is 14. The van der Waals surface area contributed by atoms with Crippen molar-refractivity contribution in [2.45, 2.75) is 58.2 Å². The number of ether oxygens (including phenoxy) is 6. The van der Waals surface area contributed by atoms with Crippen molar-refractivity contribution in [2.75, 3.05) is 78.5 Å². The van der Waals surface area contributed by atoms with Crippen molar-refractivity contribution in [3.8, 4) is 35.0 Å². The Morgan fingerprint density at radius 2 is 1.06 bits per heavy atom. The van der Waals surface area contributed by atoms with Gasteiger partial charge in [-0.2, -0.15) is 19.9 Å². The number of benzene rings is 1. The summed E-state index contributed by atoms with van der Waals surface area (Å²) in [4.78, 5) is 19.7. The zero-order valence-electron chi connectivity index (χ0n) is 28.5. The summed E-state index contributed by atoms with van der Waals surface area (Å²) in [6, 6.07) is 10.2. The van der Waals surface area contributed by atoms with Crippen molar-refractivity contribution < 1.29 is 28.4 Å². The van der Waals surface area contributed by atoms with Crippen LogP contribution in [0.15, 0.2) is 30.3 Å². The smallest absolute Gasteiger partial charge is 0.229 e. The van der Waals surface area contributed by atoms with Gasteiger partial charge in [0.05, 0.1) is 53.8 Å². The van der Waals surface area contributed by atoms with Crippen LogP contribution >= 0.6 is 0 Å². The molecule has 0 amide bonds. The van der Waals surface area contributed by atoms with Gasteiger partial charge in [0.2, 0.25) is 35.4 Å². The van der Waals surface area contributed by atoms with Crippen LogP contribution in [0.1, 0.15) is 45.1 Å². The summed E-state index contributed by atoms with van der Waals surface area (Å²) < 4.78 is 32.1. The highest BCUT2D eigenvalue weighted by Gasteiger charge is 2.21. The molecule has 5 rings (SSSR count). The minimum atomic E-state index is 0.312. The van der Waals surface area contributed by atoms with Gasteiger partial charge in [0.1, 0.15) is 11.5 Å². The van der Waals surface area contributed by atoms with E-state index in [-0.39, 0.29) is 0 Å². The Labute approximate surface area is 277 Å². The minimum absolute atomic E-state index is 0.312. The number of nitrogens with zero attached hydrogens (tertiary/aromatic N) is 5. The molecule has 1 aromatic carbocycles. The third-order valence-electron chi connectivity index (χ3n) is 7.76. The molecule has 2 aliphatic rings. The third-order valence-corrected chi connectivity index (χ3v) is 7.76. The fourth-order valence-electron chi connectivity index (χ4n) is 5.40. The lowest BCUT2D eigenvalue weighted by molar-refractivity contribution is 0.210. The number of likely N-dealkylation sites (tertiary alicyclic amines) is 1. The summed E-state index contributed by atoms with van der Waals surface area (Å²) in [7, 11) is 6.33. The predicted molar refractivity (Wildman–Crippen MR) is 180 cm³/mol. The highest BCUT2D eigenvalue weighted by Crippen LogP contribution is 2.26. The molecule has 0 unspecified atom stereocenters. The summed E-state index contributed by atoms with van der Waals surface area (Å²) in [6.07, 6.45) is 4.16. The molecular weight excluding hydrogens is 604 g/mol. The van der Waals surface area contributed by atoms with Crippen LogP contribution in [0.3, 0.4) is 0 Å². The van der Waals surface area contributed by atoms with Crippen LogP contribution in [0, 0.1) is 0 Å². The van der Waals surface area contributed by atoms with Crippen molar-refractivity contribution in [3.05, 3.63) is 35.9 Å². The lowest BCUT2D eigenvalue weighted by Gasteiger charge is -2.32. The second kappa shape index (κ2) is 18.7. The number of piperidine rings is 2. The first-order valence-electron chi connectivity index (χ1n) is 16.2. The monoisotopic (exact) mass is 654 g/mol. The number of hydrogen-bond donors (Lipinski definition) is 3. The second-order valence-electron chi connectivity index (χ2n) is 11.1. The molecule has 3 aromatic rings. The van der Waals surface area contributed by atoms with Gasteiger partial charge in [-0.05, 0) is 70.3 Å². The van der Waals surface area contributed by atoms with Crippen LogP contribution in [0.5, 0.6) is 35.0 Å². The average Bonchev–Trinajstić information content (AvgIpc) is 3.09. The molecule has 0 saturated carbocycles. The summed E-state index contributed by atoms with van der Waals surface area (Å²) in [5.74, 6) is 4.81. The molecule has 3 N–H and O–H groups in total. The summed E-state index contributed by atoms with van der Waals surface area (Å²) >= 11 is 0. The Balaban J connectivity index is 0.000000248. The van der Waals surface area contributed by atoms with Crippen LogP contribution in [0.25, 0.3) is 0 Å². The molecule has 14 heteroatoms. The maximum absolute atomic E-state index is 5.70. The number of rotatable bonds is 14. The standard InChI is InChI=1S/C22H32N4O4.C11H18N4O2/c1-5-29-18-11-16(12-19(13-18)30-6-2)15-26-9-7-17(8-10-26)23-22-24-20(27-3)14-21(25-22)28-4;1-16-9-7-10(17-2)15-11(14-9)13-8-3-5-12-6-4-8/h11-14,17H,5-10,15H2,1-4H3,(H,23,24,25);7-8,12H,3-6H2,1-2H3,(H,13,14,15). The van der Waals surface area contributed by atoms with E-state index in [9.17, 15) is 0 Å². The van der Waals surface area contributed by atoms with Crippen molar-refractivity contribution in [1.82, 2.24) is 30.2 Å². The molecule has 0 aliphatic carbocycles. The van der Waals surface area contributed by atoms with Gasteiger partial charge in [0.25, 0.3) is 0 Å². The van der Waals surface area contributed by atoms with E-state index in [1.807, 2.05) is 19.9 Å². The molecule has 4 heterocycles. The molecule has 0 spiro atoms. The number of anilines is 2. The van der Waals surface area contributed by atoms with Gasteiger partial charge in [0.15, 0.2) is 0 Å². The van der Waals surface area contributed by atoms with Crippen molar-refractivity contribution in [3.63, 3.8) is 0 Å². The quantitative estimate of drug-likeness (QED) is 0.230. The van der Waals surface area contributed by atoms with Crippen LogP contribution in [0.4, 0.5) is 11.9 Å². The predicted octanol–water partition coefficient (Wildman–Crippen LogP) is 4.03. The van der Waals surface area contributed by atoms with E-state index in [4.69, 9.17) is 28.4 Å². The normalized spacial score (nSPS) is 15.5. The van der Waals surface area contributed by atoms with Gasteiger partial charge in [0, 0.05) is 37.8 Å². The second-order valence-corrected chi connectivity index (χ2v) is 11.1.